The van der Waals surface area contributed by atoms with E-state index in [1.54, 1.807) is 0 Å². The summed E-state index contributed by atoms with van der Waals surface area (Å²) in [5.74, 6) is -54.6. The Bertz CT molecular complexity index is 4430. The highest BCUT2D eigenvalue weighted by molar-refractivity contribution is 7.99. The van der Waals surface area contributed by atoms with E-state index in [-0.39, 0.29) is 11.8 Å². The molecule has 6 heterocycles. The topological polar surface area (TPSA) is 172 Å². The number of hydrogen-bond acceptors (Lipinski definition) is 12. The molecule has 10 rings (SSSR count). The monoisotopic (exact) mass is 1320 g/mol. The maximum atomic E-state index is 17.5. The molecule has 474 valence electrons. The van der Waals surface area contributed by atoms with E-state index >= 15 is 70.2 Å². The summed E-state index contributed by atoms with van der Waals surface area (Å²) in [6.07, 6.45) is -5.58. The molecule has 1 fully saturated rings. The van der Waals surface area contributed by atoms with Crippen LogP contribution in [0, 0.1) is 111 Å². The number of carbonyl (C=O) groups is 4. The number of benzene rings is 4. The fourth-order valence-corrected chi connectivity index (χ4v) is 11.2. The standard InChI is InChI=1S/C58H29F19N4O9S/c1-14(82)86-13-26-54(87-15(2)83)55(88-16(3)84)56(89-17(4)85)58(90-26)91-57-52(76)41(65)34(42(66)53(57)77)30-24-11-9-22(80-24)28(32-37(61)45(69)50(74)46(70)38(32)62)20-7-5-18(78-20)27(31-35(59)43(67)49(73)44(68)36(31)60)19-6-8-21(79-19)29(23-10-12-25(30)81-23)33-39(63)47(71)51(75)48(72)40(33)64/h5-12,26,54-56,58,78,81H,13H2,1-4H3/t26-,54-,55+,56-,58+/m1/s1. The Morgan fingerprint density at radius 3 is 0.923 bits per heavy atom. The lowest BCUT2D eigenvalue weighted by molar-refractivity contribution is -0.237. The number of aromatic amines is 2. The average molecular weight is 1320 g/mol. The zero-order valence-corrected chi connectivity index (χ0v) is 46.2. The predicted molar refractivity (Wildman–Crippen MR) is 278 cm³/mol. The van der Waals surface area contributed by atoms with Gasteiger partial charge in [0.2, 0.25) is 17.5 Å². The van der Waals surface area contributed by atoms with E-state index in [9.17, 15) is 32.3 Å². The third kappa shape index (κ3) is 11.0. The van der Waals surface area contributed by atoms with E-state index in [0.717, 1.165) is 27.7 Å². The third-order valence-electron chi connectivity index (χ3n) is 13.8. The second kappa shape index (κ2) is 24.3. The fourth-order valence-electron chi connectivity index (χ4n) is 10.1. The molecule has 5 atom stereocenters. The van der Waals surface area contributed by atoms with Crippen molar-refractivity contribution in [2.75, 3.05) is 6.61 Å². The summed E-state index contributed by atoms with van der Waals surface area (Å²) < 4.78 is 328. The molecule has 0 unspecified atom stereocenters. The first-order chi connectivity index (χ1) is 42.9. The molecule has 3 aliphatic heterocycles. The minimum Gasteiger partial charge on any atom is -0.463 e. The number of aromatic nitrogens is 4. The van der Waals surface area contributed by atoms with Gasteiger partial charge in [0.25, 0.3) is 0 Å². The van der Waals surface area contributed by atoms with Crippen LogP contribution in [-0.2, 0) is 42.9 Å². The Balaban J connectivity index is 1.34. The van der Waals surface area contributed by atoms with Gasteiger partial charge in [0.15, 0.2) is 111 Å². The lowest BCUT2D eigenvalue weighted by atomic mass is 9.99. The molecule has 3 aromatic heterocycles. The molecule has 0 aliphatic carbocycles. The van der Waals surface area contributed by atoms with Gasteiger partial charge >= 0.3 is 23.9 Å². The Hall–Kier alpha value is -9.66. The van der Waals surface area contributed by atoms with Crippen LogP contribution in [0.25, 0.3) is 90.9 Å². The van der Waals surface area contributed by atoms with Crippen LogP contribution < -0.4 is 0 Å². The highest BCUT2D eigenvalue weighted by Gasteiger charge is 2.53. The van der Waals surface area contributed by atoms with Crippen LogP contribution >= 0.6 is 11.8 Å². The number of thioether (sulfide) groups is 1. The van der Waals surface area contributed by atoms with Crippen molar-refractivity contribution < 1.29 is 126 Å². The molecule has 8 bridgehead atoms. The first-order valence-electron chi connectivity index (χ1n) is 25.4. The Kier molecular flexibility index (Phi) is 17.2. The summed E-state index contributed by atoms with van der Waals surface area (Å²) in [4.78, 5) is 60.1. The van der Waals surface area contributed by atoms with E-state index in [4.69, 9.17) is 23.7 Å². The molecule has 3 aliphatic rings. The molecule has 91 heavy (non-hydrogen) atoms. The summed E-state index contributed by atoms with van der Waals surface area (Å²) in [5.41, 5.74) is -23.6. The van der Waals surface area contributed by atoms with Crippen molar-refractivity contribution in [1.29, 1.82) is 0 Å². The van der Waals surface area contributed by atoms with Crippen molar-refractivity contribution in [2.24, 2.45) is 0 Å². The van der Waals surface area contributed by atoms with Crippen LogP contribution in [0.15, 0.2) is 29.2 Å². The number of nitrogens with one attached hydrogen (secondary N) is 2. The van der Waals surface area contributed by atoms with Crippen LogP contribution in [0.2, 0.25) is 0 Å². The van der Waals surface area contributed by atoms with Gasteiger partial charge in [0.1, 0.15) is 18.1 Å². The zero-order chi connectivity index (χ0) is 66.4. The number of nitrogens with zero attached hydrogens (tertiary/aromatic N) is 2. The predicted octanol–water partition coefficient (Wildman–Crippen LogP) is 14.1. The van der Waals surface area contributed by atoms with Crippen LogP contribution in [0.5, 0.6) is 0 Å². The number of rotatable bonds is 11. The molecule has 4 aromatic carbocycles. The summed E-state index contributed by atoms with van der Waals surface area (Å²) >= 11 is -0.341. The van der Waals surface area contributed by atoms with Crippen LogP contribution in [0.3, 0.4) is 0 Å². The van der Waals surface area contributed by atoms with Gasteiger partial charge in [-0.2, -0.15) is 0 Å². The summed E-state index contributed by atoms with van der Waals surface area (Å²) in [6, 6.07) is 2.42. The fraction of sp³-hybridized carbons (Fsp3) is 0.172. The lowest BCUT2D eigenvalue weighted by Gasteiger charge is -2.44. The first kappa shape index (κ1) is 64.3. The van der Waals surface area contributed by atoms with Gasteiger partial charge in [0, 0.05) is 72.0 Å². The second-order valence-electron chi connectivity index (χ2n) is 19.5. The van der Waals surface area contributed by atoms with E-state index in [0.29, 0.717) is 48.6 Å². The summed E-state index contributed by atoms with van der Waals surface area (Å²) in [7, 11) is 0. The molecule has 13 nitrogen and oxygen atoms in total. The van der Waals surface area contributed by atoms with Gasteiger partial charge in [-0.25, -0.2) is 93.4 Å². The van der Waals surface area contributed by atoms with Crippen LogP contribution in [-0.4, -0.2) is 80.3 Å². The minimum absolute atomic E-state index is 0.341. The molecule has 7 aromatic rings. The van der Waals surface area contributed by atoms with E-state index < -0.39 is 265 Å². The Morgan fingerprint density at radius 2 is 0.637 bits per heavy atom. The maximum Gasteiger partial charge on any atom is 0.303 e. The van der Waals surface area contributed by atoms with Crippen molar-refractivity contribution in [3.63, 3.8) is 0 Å². The van der Waals surface area contributed by atoms with Crippen molar-refractivity contribution in [3.8, 4) is 44.5 Å². The molecule has 0 saturated carbocycles. The van der Waals surface area contributed by atoms with Gasteiger partial charge in [-0.1, -0.05) is 11.8 Å². The van der Waals surface area contributed by atoms with Gasteiger partial charge in [-0.15, -0.1) is 0 Å². The van der Waals surface area contributed by atoms with E-state index in [1.165, 1.54) is 0 Å². The van der Waals surface area contributed by atoms with Crippen molar-refractivity contribution in [3.05, 3.63) is 158 Å². The van der Waals surface area contributed by atoms with Crippen molar-refractivity contribution >= 4 is 82.0 Å². The summed E-state index contributed by atoms with van der Waals surface area (Å²) in [5, 5.41) is 0. The average Bonchev–Trinajstić information content (AvgIpc) is 1.68. The highest BCUT2D eigenvalue weighted by Crippen LogP contribution is 2.47. The van der Waals surface area contributed by atoms with E-state index in [1.807, 2.05) is 0 Å². The molecule has 2 N–H and O–H groups in total. The number of hydrogen-bond donors (Lipinski definition) is 2. The molecule has 0 radical (unpaired) electrons. The molecule has 1 saturated heterocycles. The SMILES string of the molecule is CC(=O)OC[C@H]1O[C@@H](Sc2c(F)c(F)c(-c3c4nc(c(-c5c(F)c(F)c(F)c(F)c5F)c5ccc([nH]5)c(-c5c(F)c(F)c(F)c(F)c5F)c5nc(c(-c6c(F)c(F)c(F)c(F)c6F)c6ccc3[nH]6)C=C5)C=C4)c(F)c2F)[C@H](OC(C)=O)[C@@H](OC(C)=O)[C@@H]1OC(C)=O. The normalized spacial score (nSPS) is 17.0. The quantitative estimate of drug-likeness (QED) is 0.0413. The van der Waals surface area contributed by atoms with Crippen LogP contribution in [0.1, 0.15) is 50.5 Å². The van der Waals surface area contributed by atoms with Gasteiger partial charge in [0.05, 0.1) is 49.9 Å². The largest absolute Gasteiger partial charge is 0.463 e. The van der Waals surface area contributed by atoms with Gasteiger partial charge in [-0.3, -0.25) is 19.2 Å². The molecular formula is C58H29F19N4O9S. The molecular weight excluding hydrogens is 1290 g/mol. The Morgan fingerprint density at radius 1 is 0.374 bits per heavy atom. The lowest BCUT2D eigenvalue weighted by Crippen LogP contribution is -2.61. The number of fused-ring (bicyclic) bond motifs is 8. The number of esters is 4. The highest BCUT2D eigenvalue weighted by atomic mass is 32.2. The van der Waals surface area contributed by atoms with Gasteiger partial charge in [-0.05, 0) is 48.6 Å². The maximum absolute atomic E-state index is 17.5. The van der Waals surface area contributed by atoms with Gasteiger partial charge < -0.3 is 33.7 Å². The smallest absolute Gasteiger partial charge is 0.303 e. The number of carbonyl (C=O) groups excluding carboxylic acids is 4. The first-order valence-corrected chi connectivity index (χ1v) is 26.3. The number of H-pyrrole nitrogens is 2. The molecule has 33 heteroatoms. The zero-order valence-electron chi connectivity index (χ0n) is 45.4. The third-order valence-corrected chi connectivity index (χ3v) is 15.0. The number of ether oxygens (including phenoxy) is 5. The van der Waals surface area contributed by atoms with E-state index in [2.05, 4.69) is 19.9 Å². The molecule has 0 spiro atoms. The van der Waals surface area contributed by atoms with Crippen molar-refractivity contribution in [2.45, 2.75) is 62.4 Å². The van der Waals surface area contributed by atoms with Crippen LogP contribution in [0.4, 0.5) is 83.4 Å². The summed E-state index contributed by atoms with van der Waals surface area (Å²) in [6.45, 7) is 2.36. The number of halogens is 19. The van der Waals surface area contributed by atoms with Crippen molar-refractivity contribution in [1.82, 2.24) is 19.9 Å². The Labute approximate surface area is 498 Å². The molecule has 0 amide bonds. The second-order valence-corrected chi connectivity index (χ2v) is 20.6. The minimum atomic E-state index is -2.76.